The first-order chi connectivity index (χ1) is 17.3. The van der Waals surface area contributed by atoms with Gasteiger partial charge in [-0.05, 0) is 85.0 Å². The molecule has 1 heterocycles. The lowest BCUT2D eigenvalue weighted by atomic mass is 9.96. The number of aromatic nitrogens is 1. The number of alkyl halides is 6. The molecular formula is C29H30F6N2. The number of halogens is 6. The second-order valence-electron chi connectivity index (χ2n) is 8.56. The molecule has 0 unspecified atom stereocenters. The summed E-state index contributed by atoms with van der Waals surface area (Å²) < 4.78 is 78.8. The molecule has 2 nitrogen and oxygen atoms in total. The van der Waals surface area contributed by atoms with Crippen molar-refractivity contribution in [1.82, 2.24) is 4.98 Å². The molecule has 0 amide bonds. The van der Waals surface area contributed by atoms with Crippen molar-refractivity contribution in [2.75, 3.05) is 6.54 Å². The minimum absolute atomic E-state index is 0.122. The highest BCUT2D eigenvalue weighted by Crippen LogP contribution is 2.38. The molecule has 0 saturated heterocycles. The van der Waals surface area contributed by atoms with Crippen molar-refractivity contribution in [3.8, 4) is 11.1 Å². The van der Waals surface area contributed by atoms with E-state index < -0.39 is 23.5 Å². The molecule has 3 aromatic rings. The number of pyridine rings is 1. The average molecular weight is 521 g/mol. The molecule has 8 heteroatoms. The molecule has 2 N–H and O–H groups in total. The van der Waals surface area contributed by atoms with E-state index in [4.69, 9.17) is 5.73 Å². The average Bonchev–Trinajstić information content (AvgIpc) is 2.84. The summed E-state index contributed by atoms with van der Waals surface area (Å²) in [5.74, 6) is 0. The van der Waals surface area contributed by atoms with Crippen LogP contribution in [0.3, 0.4) is 0 Å². The number of hydrogen-bond donors (Lipinski definition) is 1. The van der Waals surface area contributed by atoms with Crippen LogP contribution in [0.1, 0.15) is 61.6 Å². The fourth-order valence-corrected chi connectivity index (χ4v) is 3.43. The Morgan fingerprint density at radius 2 is 1.46 bits per heavy atom. The third kappa shape index (κ3) is 8.60. The first kappa shape index (κ1) is 29.8. The monoisotopic (exact) mass is 520 g/mol. The van der Waals surface area contributed by atoms with Crippen molar-refractivity contribution >= 4 is 17.2 Å². The minimum atomic E-state index is -4.89. The van der Waals surface area contributed by atoms with E-state index >= 15 is 0 Å². The standard InChI is InChI=1S/C25H19F6N.C4H11N/c1-15(2)22-5-4-10-32-23(22)11-16(3)17-6-8-18(9-7-17)19-12-20(24(26,27)28)14-21(13-19)25(29,30)31;1-2-3-4-5/h4-14H,1H2,2-3H3;2-5H2,1H3/b16-11+;. The van der Waals surface area contributed by atoms with Crippen LogP contribution in [0.2, 0.25) is 0 Å². The third-order valence-electron chi connectivity index (χ3n) is 5.47. The Labute approximate surface area is 213 Å². The van der Waals surface area contributed by atoms with Crippen LogP contribution in [-0.4, -0.2) is 11.5 Å². The normalized spacial score (nSPS) is 12.1. The molecule has 3 rings (SSSR count). The zero-order chi connectivity index (χ0) is 27.8. The summed E-state index contributed by atoms with van der Waals surface area (Å²) in [6, 6.07) is 11.6. The van der Waals surface area contributed by atoms with Crippen LogP contribution < -0.4 is 5.73 Å². The van der Waals surface area contributed by atoms with Crippen LogP contribution in [0, 0.1) is 0 Å². The minimum Gasteiger partial charge on any atom is -0.330 e. The summed E-state index contributed by atoms with van der Waals surface area (Å²) in [6.07, 6.45) is -3.89. The van der Waals surface area contributed by atoms with Gasteiger partial charge in [-0.1, -0.05) is 50.3 Å². The number of benzene rings is 2. The predicted molar refractivity (Wildman–Crippen MR) is 138 cm³/mol. The van der Waals surface area contributed by atoms with Crippen molar-refractivity contribution in [3.63, 3.8) is 0 Å². The van der Waals surface area contributed by atoms with E-state index in [1.54, 1.807) is 24.4 Å². The molecule has 2 aromatic carbocycles. The zero-order valence-corrected chi connectivity index (χ0v) is 21.0. The maximum absolute atomic E-state index is 13.1. The van der Waals surface area contributed by atoms with Crippen molar-refractivity contribution < 1.29 is 26.3 Å². The first-order valence-corrected chi connectivity index (χ1v) is 11.7. The van der Waals surface area contributed by atoms with E-state index in [-0.39, 0.29) is 17.2 Å². The van der Waals surface area contributed by atoms with Gasteiger partial charge >= 0.3 is 12.4 Å². The molecule has 0 saturated carbocycles. The van der Waals surface area contributed by atoms with E-state index in [2.05, 4.69) is 18.5 Å². The number of nitrogens with zero attached hydrogens (tertiary/aromatic N) is 1. The number of hydrogen-bond acceptors (Lipinski definition) is 2. The first-order valence-electron chi connectivity index (χ1n) is 11.7. The van der Waals surface area contributed by atoms with Crippen molar-refractivity contribution in [3.05, 3.63) is 95.3 Å². The van der Waals surface area contributed by atoms with Crippen molar-refractivity contribution in [2.24, 2.45) is 5.73 Å². The number of unbranched alkanes of at least 4 members (excludes halogenated alkanes) is 1. The summed E-state index contributed by atoms with van der Waals surface area (Å²) in [5.41, 5.74) is 6.58. The van der Waals surface area contributed by atoms with Crippen LogP contribution in [0.4, 0.5) is 26.3 Å². The number of rotatable bonds is 6. The van der Waals surface area contributed by atoms with Gasteiger partial charge in [0.2, 0.25) is 0 Å². The fourth-order valence-electron chi connectivity index (χ4n) is 3.43. The molecule has 0 bridgehead atoms. The molecule has 0 aliphatic heterocycles. The predicted octanol–water partition coefficient (Wildman–Crippen LogP) is 9.13. The number of nitrogens with two attached hydrogens (primary N) is 1. The van der Waals surface area contributed by atoms with Gasteiger partial charge in [-0.15, -0.1) is 0 Å². The topological polar surface area (TPSA) is 38.9 Å². The van der Waals surface area contributed by atoms with Gasteiger partial charge in [0.15, 0.2) is 0 Å². The Hall–Kier alpha value is -3.39. The van der Waals surface area contributed by atoms with Gasteiger partial charge in [-0.3, -0.25) is 4.98 Å². The summed E-state index contributed by atoms with van der Waals surface area (Å²) >= 11 is 0. The van der Waals surface area contributed by atoms with E-state index in [0.29, 0.717) is 5.69 Å². The molecule has 0 radical (unpaired) electrons. The molecule has 0 spiro atoms. The highest BCUT2D eigenvalue weighted by molar-refractivity contribution is 5.83. The van der Waals surface area contributed by atoms with Gasteiger partial charge in [-0.25, -0.2) is 0 Å². The van der Waals surface area contributed by atoms with E-state index in [1.165, 1.54) is 25.0 Å². The lowest BCUT2D eigenvalue weighted by Gasteiger charge is -2.14. The maximum atomic E-state index is 13.1. The highest BCUT2D eigenvalue weighted by atomic mass is 19.4. The van der Waals surface area contributed by atoms with Crippen LogP contribution in [-0.2, 0) is 12.4 Å². The van der Waals surface area contributed by atoms with Crippen LogP contribution in [0.25, 0.3) is 28.3 Å². The molecule has 0 atom stereocenters. The van der Waals surface area contributed by atoms with Gasteiger partial charge in [-0.2, -0.15) is 26.3 Å². The lowest BCUT2D eigenvalue weighted by Crippen LogP contribution is -2.11. The molecule has 198 valence electrons. The maximum Gasteiger partial charge on any atom is 0.416 e. The summed E-state index contributed by atoms with van der Waals surface area (Å²) in [6.45, 7) is 10.6. The quantitative estimate of drug-likeness (QED) is 0.329. The van der Waals surface area contributed by atoms with Gasteiger partial charge in [0.1, 0.15) is 0 Å². The Morgan fingerprint density at radius 3 is 1.89 bits per heavy atom. The van der Waals surface area contributed by atoms with E-state index in [9.17, 15) is 26.3 Å². The fraction of sp³-hybridized carbons (Fsp3) is 0.276. The Morgan fingerprint density at radius 1 is 0.892 bits per heavy atom. The van der Waals surface area contributed by atoms with E-state index in [1.807, 2.05) is 26.0 Å². The van der Waals surface area contributed by atoms with Crippen LogP contribution in [0.5, 0.6) is 0 Å². The molecule has 1 aromatic heterocycles. The molecule has 0 fully saturated rings. The Kier molecular flexibility index (Phi) is 10.3. The number of allylic oxidation sites excluding steroid dienone is 2. The van der Waals surface area contributed by atoms with Crippen molar-refractivity contribution in [1.29, 1.82) is 0 Å². The van der Waals surface area contributed by atoms with Crippen molar-refractivity contribution in [2.45, 2.75) is 46.0 Å². The van der Waals surface area contributed by atoms with Gasteiger partial charge in [0.25, 0.3) is 0 Å². The molecule has 0 aliphatic carbocycles. The Bertz CT molecular complexity index is 1190. The van der Waals surface area contributed by atoms with Crippen LogP contribution in [0.15, 0.2) is 67.4 Å². The van der Waals surface area contributed by atoms with Gasteiger partial charge in [0, 0.05) is 11.8 Å². The molecule has 0 aliphatic rings. The SMILES string of the molecule is C=C(C)c1cccnc1/C=C(\C)c1ccc(-c2cc(C(F)(F)F)cc(C(F)(F)F)c2)cc1.CCCCN. The summed E-state index contributed by atoms with van der Waals surface area (Å²) in [4.78, 5) is 4.35. The molecule has 37 heavy (non-hydrogen) atoms. The third-order valence-corrected chi connectivity index (χ3v) is 5.47. The summed E-state index contributed by atoms with van der Waals surface area (Å²) in [7, 11) is 0. The largest absolute Gasteiger partial charge is 0.416 e. The Balaban J connectivity index is 0.000000877. The highest BCUT2D eigenvalue weighted by Gasteiger charge is 2.37. The summed E-state index contributed by atoms with van der Waals surface area (Å²) in [5, 5.41) is 0. The lowest BCUT2D eigenvalue weighted by molar-refractivity contribution is -0.143. The zero-order valence-electron chi connectivity index (χ0n) is 21.0. The van der Waals surface area contributed by atoms with Crippen LogP contribution >= 0.6 is 0 Å². The molecular weight excluding hydrogens is 490 g/mol. The second-order valence-corrected chi connectivity index (χ2v) is 8.56. The van der Waals surface area contributed by atoms with E-state index in [0.717, 1.165) is 41.0 Å². The smallest absolute Gasteiger partial charge is 0.330 e. The van der Waals surface area contributed by atoms with Gasteiger partial charge < -0.3 is 5.73 Å². The second kappa shape index (κ2) is 12.7. The van der Waals surface area contributed by atoms with Gasteiger partial charge in [0.05, 0.1) is 16.8 Å².